The maximum atomic E-state index is 9.66. The van der Waals surface area contributed by atoms with Gasteiger partial charge >= 0.3 is 0 Å². The SMILES string of the molecule is CC.N#Cc1c(N)nc(SCC2CCC2)c(C#N)c1-c1ccc(O)cc1. The smallest absolute Gasteiger partial charge is 0.143 e. The van der Waals surface area contributed by atoms with E-state index in [0.717, 1.165) is 5.75 Å². The van der Waals surface area contributed by atoms with E-state index in [0.29, 0.717) is 27.6 Å². The Morgan fingerprint density at radius 1 is 1.15 bits per heavy atom. The van der Waals surface area contributed by atoms with Gasteiger partial charge in [-0.25, -0.2) is 4.98 Å². The number of pyridine rings is 1. The highest BCUT2D eigenvalue weighted by molar-refractivity contribution is 7.99. The van der Waals surface area contributed by atoms with Crippen LogP contribution in [0.3, 0.4) is 0 Å². The van der Waals surface area contributed by atoms with Crippen LogP contribution in [0.25, 0.3) is 11.1 Å². The Bertz CT molecular complexity index is 846. The molecular weight excluding hydrogens is 344 g/mol. The summed E-state index contributed by atoms with van der Waals surface area (Å²) < 4.78 is 0. The van der Waals surface area contributed by atoms with Gasteiger partial charge in [0.25, 0.3) is 0 Å². The summed E-state index contributed by atoms with van der Waals surface area (Å²) in [6.45, 7) is 4.00. The molecule has 0 radical (unpaired) electrons. The van der Waals surface area contributed by atoms with Gasteiger partial charge in [0, 0.05) is 11.3 Å². The molecule has 0 bridgehead atoms. The van der Waals surface area contributed by atoms with Crippen LogP contribution in [0.15, 0.2) is 29.3 Å². The molecule has 5 nitrogen and oxygen atoms in total. The van der Waals surface area contributed by atoms with Crippen molar-refractivity contribution in [2.75, 3.05) is 11.5 Å². The van der Waals surface area contributed by atoms with E-state index in [1.54, 1.807) is 12.1 Å². The van der Waals surface area contributed by atoms with Gasteiger partial charge in [-0.1, -0.05) is 32.4 Å². The van der Waals surface area contributed by atoms with Crippen LogP contribution < -0.4 is 5.73 Å². The number of nitriles is 2. The fraction of sp³-hybridized carbons (Fsp3) is 0.350. The number of nitrogens with two attached hydrogens (primary N) is 1. The van der Waals surface area contributed by atoms with Crippen LogP contribution in [0.4, 0.5) is 5.82 Å². The minimum Gasteiger partial charge on any atom is -0.508 e. The lowest BCUT2D eigenvalue weighted by Gasteiger charge is -2.24. The van der Waals surface area contributed by atoms with Gasteiger partial charge in [-0.2, -0.15) is 10.5 Å². The molecule has 1 aromatic heterocycles. The van der Waals surface area contributed by atoms with Gasteiger partial charge in [0.2, 0.25) is 0 Å². The number of rotatable bonds is 4. The molecule has 0 saturated heterocycles. The molecule has 1 saturated carbocycles. The minimum atomic E-state index is 0.123. The zero-order chi connectivity index (χ0) is 19.1. The van der Waals surface area contributed by atoms with E-state index in [4.69, 9.17) is 5.73 Å². The van der Waals surface area contributed by atoms with Crippen LogP contribution in [0, 0.1) is 28.6 Å². The second kappa shape index (κ2) is 9.12. The highest BCUT2D eigenvalue weighted by Gasteiger charge is 2.23. The number of thioether (sulfide) groups is 1. The summed E-state index contributed by atoms with van der Waals surface area (Å²) in [5, 5.41) is 29.2. The molecule has 0 spiro atoms. The van der Waals surface area contributed by atoms with Gasteiger partial charge in [0.15, 0.2) is 0 Å². The highest BCUT2D eigenvalue weighted by atomic mass is 32.2. The zero-order valence-electron chi connectivity index (χ0n) is 15.0. The number of nitrogen functional groups attached to an aromatic ring is 1. The topological polar surface area (TPSA) is 107 Å². The maximum Gasteiger partial charge on any atom is 0.143 e. The van der Waals surface area contributed by atoms with Crippen LogP contribution in [-0.2, 0) is 0 Å². The fourth-order valence-corrected chi connectivity index (χ4v) is 3.86. The summed E-state index contributed by atoms with van der Waals surface area (Å²) in [5.41, 5.74) is 7.70. The third kappa shape index (κ3) is 4.09. The molecule has 0 amide bonds. The van der Waals surface area contributed by atoms with Crippen molar-refractivity contribution in [1.29, 1.82) is 10.5 Å². The van der Waals surface area contributed by atoms with Crippen molar-refractivity contribution in [3.05, 3.63) is 35.4 Å². The summed E-state index contributed by atoms with van der Waals surface area (Å²) >= 11 is 1.53. The minimum absolute atomic E-state index is 0.123. The van der Waals surface area contributed by atoms with E-state index in [1.807, 2.05) is 13.8 Å². The summed E-state index contributed by atoms with van der Waals surface area (Å²) in [6.07, 6.45) is 3.69. The third-order valence-electron chi connectivity index (χ3n) is 4.25. The third-order valence-corrected chi connectivity index (χ3v) is 5.46. The number of aromatic nitrogens is 1. The molecule has 0 aliphatic heterocycles. The first kappa shape index (κ1) is 19.6. The first-order valence-electron chi connectivity index (χ1n) is 8.70. The van der Waals surface area contributed by atoms with E-state index in [2.05, 4.69) is 17.1 Å². The van der Waals surface area contributed by atoms with Crippen molar-refractivity contribution in [1.82, 2.24) is 4.98 Å². The number of hydrogen-bond acceptors (Lipinski definition) is 6. The van der Waals surface area contributed by atoms with Crippen molar-refractivity contribution in [2.24, 2.45) is 5.92 Å². The molecule has 3 rings (SSSR count). The van der Waals surface area contributed by atoms with Crippen molar-refractivity contribution < 1.29 is 5.11 Å². The van der Waals surface area contributed by atoms with Crippen LogP contribution >= 0.6 is 11.8 Å². The number of phenols is 1. The average Bonchev–Trinajstić information content (AvgIpc) is 2.62. The van der Waals surface area contributed by atoms with E-state index < -0.39 is 0 Å². The Balaban J connectivity index is 0.00000117. The quantitative estimate of drug-likeness (QED) is 0.760. The average molecular weight is 366 g/mol. The fourth-order valence-electron chi connectivity index (χ4n) is 2.68. The van der Waals surface area contributed by atoms with Crippen molar-refractivity contribution in [2.45, 2.75) is 38.1 Å². The summed E-state index contributed by atoms with van der Waals surface area (Å²) in [4.78, 5) is 4.30. The molecule has 3 N–H and O–H groups in total. The van der Waals surface area contributed by atoms with E-state index in [1.165, 1.54) is 43.2 Å². The number of aromatic hydroxyl groups is 1. The number of benzene rings is 1. The number of nitrogens with zero attached hydrogens (tertiary/aromatic N) is 3. The molecule has 26 heavy (non-hydrogen) atoms. The van der Waals surface area contributed by atoms with Crippen molar-refractivity contribution in [3.63, 3.8) is 0 Å². The van der Waals surface area contributed by atoms with Crippen molar-refractivity contribution >= 4 is 17.6 Å². The highest BCUT2D eigenvalue weighted by Crippen LogP contribution is 2.38. The summed E-state index contributed by atoms with van der Waals surface area (Å²) in [7, 11) is 0. The normalized spacial score (nSPS) is 12.9. The number of hydrogen-bond donors (Lipinski definition) is 2. The number of anilines is 1. The van der Waals surface area contributed by atoms with E-state index in [9.17, 15) is 15.6 Å². The Morgan fingerprint density at radius 3 is 2.27 bits per heavy atom. The Hall–Kier alpha value is -2.70. The molecule has 1 fully saturated rings. The van der Waals surface area contributed by atoms with Gasteiger partial charge < -0.3 is 10.8 Å². The van der Waals surface area contributed by atoms with E-state index >= 15 is 0 Å². The first-order chi connectivity index (χ1) is 12.6. The lowest BCUT2D eigenvalue weighted by Crippen LogP contribution is -2.13. The maximum absolute atomic E-state index is 9.66. The predicted molar refractivity (Wildman–Crippen MR) is 105 cm³/mol. The molecule has 2 aromatic rings. The Morgan fingerprint density at radius 2 is 1.77 bits per heavy atom. The summed E-state index contributed by atoms with van der Waals surface area (Å²) in [5.74, 6) is 1.83. The molecule has 1 aliphatic carbocycles. The van der Waals surface area contributed by atoms with Crippen LogP contribution in [0.5, 0.6) is 5.75 Å². The molecule has 0 atom stereocenters. The van der Waals surface area contributed by atoms with Gasteiger partial charge in [-0.05, 0) is 36.5 Å². The second-order valence-corrected chi connectivity index (χ2v) is 6.81. The molecule has 6 heteroatoms. The molecule has 1 heterocycles. The van der Waals surface area contributed by atoms with Gasteiger partial charge in [-0.15, -0.1) is 11.8 Å². The molecule has 1 aromatic carbocycles. The Kier molecular flexibility index (Phi) is 6.89. The van der Waals surface area contributed by atoms with E-state index in [-0.39, 0.29) is 17.1 Å². The molecule has 1 aliphatic rings. The van der Waals surface area contributed by atoms with Gasteiger partial charge in [0.1, 0.15) is 34.3 Å². The Labute approximate surface area is 158 Å². The van der Waals surface area contributed by atoms with Crippen LogP contribution in [-0.4, -0.2) is 15.8 Å². The first-order valence-corrected chi connectivity index (χ1v) is 9.68. The van der Waals surface area contributed by atoms with Crippen LogP contribution in [0.1, 0.15) is 44.2 Å². The zero-order valence-corrected chi connectivity index (χ0v) is 15.8. The van der Waals surface area contributed by atoms with Gasteiger partial charge in [-0.3, -0.25) is 0 Å². The van der Waals surface area contributed by atoms with Gasteiger partial charge in [0.05, 0.1) is 5.56 Å². The van der Waals surface area contributed by atoms with Crippen LogP contribution in [0.2, 0.25) is 0 Å². The molecule has 0 unspecified atom stereocenters. The summed E-state index contributed by atoms with van der Waals surface area (Å²) in [6, 6.07) is 10.6. The second-order valence-electron chi connectivity index (χ2n) is 5.81. The standard InChI is InChI=1S/C18H16N4OS.C2H6/c19-8-14-16(12-4-6-13(23)7-5-12)15(9-20)18(22-17(14)21)24-10-11-2-1-3-11;1-2/h4-7,11,23H,1-3,10H2,(H2,21,22);1-2H3. The molecule has 134 valence electrons. The predicted octanol–water partition coefficient (Wildman–Crippen LogP) is 4.70. The lowest BCUT2D eigenvalue weighted by molar-refractivity contribution is 0.353. The largest absolute Gasteiger partial charge is 0.508 e. The molecular formula is C20H22N4OS. The lowest BCUT2D eigenvalue weighted by atomic mass is 9.87. The van der Waals surface area contributed by atoms with Crippen molar-refractivity contribution in [3.8, 4) is 29.0 Å². The monoisotopic (exact) mass is 366 g/mol. The number of phenolic OH excluding ortho intramolecular Hbond substituents is 1.